The van der Waals surface area contributed by atoms with Crippen LogP contribution in [-0.4, -0.2) is 29.5 Å². The Labute approximate surface area is 134 Å². The van der Waals surface area contributed by atoms with Crippen molar-refractivity contribution < 1.29 is 9.15 Å². The summed E-state index contributed by atoms with van der Waals surface area (Å²) in [6.45, 7) is 3.14. The lowest BCUT2D eigenvalue weighted by atomic mass is 10.2. The number of rotatable bonds is 5. The molecular formula is C17H19NO3S. The first-order valence-electron chi connectivity index (χ1n) is 7.40. The third kappa shape index (κ3) is 4.15. The molecule has 1 aromatic carbocycles. The molecule has 2 aromatic rings. The monoisotopic (exact) mass is 317 g/mol. The zero-order chi connectivity index (χ0) is 15.2. The largest absolute Gasteiger partial charge is 0.482 e. The Kier molecular flexibility index (Phi) is 5.19. The summed E-state index contributed by atoms with van der Waals surface area (Å²) in [4.78, 5) is 14.4. The van der Waals surface area contributed by atoms with Crippen LogP contribution in [0.5, 0.6) is 5.75 Å². The molecule has 0 aliphatic carbocycles. The number of hydrogen-bond donors (Lipinski definition) is 0. The molecule has 0 N–H and O–H groups in total. The minimum atomic E-state index is -0.122. The van der Waals surface area contributed by atoms with Gasteiger partial charge in [-0.25, -0.2) is 0 Å². The van der Waals surface area contributed by atoms with Crippen LogP contribution in [-0.2, 0) is 13.2 Å². The zero-order valence-corrected chi connectivity index (χ0v) is 13.2. The Morgan fingerprint density at radius 3 is 2.68 bits per heavy atom. The molecule has 0 saturated carbocycles. The third-order valence-corrected chi connectivity index (χ3v) is 4.52. The summed E-state index contributed by atoms with van der Waals surface area (Å²) < 4.78 is 11.1. The van der Waals surface area contributed by atoms with E-state index in [2.05, 4.69) is 4.90 Å². The molecule has 0 atom stereocenters. The minimum Gasteiger partial charge on any atom is -0.482 e. The SMILES string of the molecule is O=c1cc(CN2CCSCC2)occ1OCc1ccccc1. The van der Waals surface area contributed by atoms with Crippen LogP contribution in [0.2, 0.25) is 0 Å². The van der Waals surface area contributed by atoms with Crippen molar-refractivity contribution in [3.8, 4) is 5.75 Å². The second-order valence-corrected chi connectivity index (χ2v) is 6.46. The summed E-state index contributed by atoms with van der Waals surface area (Å²) in [5, 5.41) is 0. The van der Waals surface area contributed by atoms with E-state index in [9.17, 15) is 4.79 Å². The average Bonchev–Trinajstić information content (AvgIpc) is 2.56. The van der Waals surface area contributed by atoms with Gasteiger partial charge in [-0.2, -0.15) is 11.8 Å². The predicted octanol–water partition coefficient (Wildman–Crippen LogP) is 2.77. The van der Waals surface area contributed by atoms with Gasteiger partial charge in [0.15, 0.2) is 0 Å². The molecule has 1 aliphatic rings. The number of hydrogen-bond acceptors (Lipinski definition) is 5. The highest BCUT2D eigenvalue weighted by Crippen LogP contribution is 2.14. The summed E-state index contributed by atoms with van der Waals surface area (Å²) in [7, 11) is 0. The van der Waals surface area contributed by atoms with E-state index < -0.39 is 0 Å². The lowest BCUT2D eigenvalue weighted by Crippen LogP contribution is -2.32. The second kappa shape index (κ2) is 7.51. The van der Waals surface area contributed by atoms with Crippen molar-refractivity contribution in [3.05, 3.63) is 64.2 Å². The van der Waals surface area contributed by atoms with Crippen molar-refractivity contribution >= 4 is 11.8 Å². The number of ether oxygens (including phenoxy) is 1. The maximum atomic E-state index is 12.1. The van der Waals surface area contributed by atoms with Crippen molar-refractivity contribution in [1.29, 1.82) is 0 Å². The molecule has 2 heterocycles. The number of nitrogens with zero attached hydrogens (tertiary/aromatic N) is 1. The molecule has 22 heavy (non-hydrogen) atoms. The van der Waals surface area contributed by atoms with Crippen LogP contribution >= 0.6 is 11.8 Å². The first-order chi connectivity index (χ1) is 10.8. The van der Waals surface area contributed by atoms with E-state index in [1.54, 1.807) is 6.07 Å². The summed E-state index contributed by atoms with van der Waals surface area (Å²) in [6.07, 6.45) is 1.43. The van der Waals surface area contributed by atoms with E-state index in [-0.39, 0.29) is 11.2 Å². The first-order valence-corrected chi connectivity index (χ1v) is 8.55. The van der Waals surface area contributed by atoms with Crippen molar-refractivity contribution in [2.24, 2.45) is 0 Å². The highest BCUT2D eigenvalue weighted by atomic mass is 32.2. The average molecular weight is 317 g/mol. The Balaban J connectivity index is 1.60. The lowest BCUT2D eigenvalue weighted by molar-refractivity contribution is 0.254. The van der Waals surface area contributed by atoms with Gasteiger partial charge in [0.2, 0.25) is 11.2 Å². The molecule has 0 spiro atoms. The van der Waals surface area contributed by atoms with Gasteiger partial charge in [0.25, 0.3) is 0 Å². The molecule has 0 unspecified atom stereocenters. The fourth-order valence-corrected chi connectivity index (χ4v) is 3.32. The molecule has 1 saturated heterocycles. The number of benzene rings is 1. The Hall–Kier alpha value is -1.72. The van der Waals surface area contributed by atoms with Gasteiger partial charge >= 0.3 is 0 Å². The van der Waals surface area contributed by atoms with Gasteiger partial charge in [0, 0.05) is 30.7 Å². The van der Waals surface area contributed by atoms with Gasteiger partial charge in [-0.3, -0.25) is 9.69 Å². The number of thioether (sulfide) groups is 1. The lowest BCUT2D eigenvalue weighted by Gasteiger charge is -2.25. The van der Waals surface area contributed by atoms with Crippen molar-refractivity contribution in [2.75, 3.05) is 24.6 Å². The molecule has 1 fully saturated rings. The standard InChI is InChI=1S/C17H19NO3S/c19-16-10-15(11-18-6-8-22-9-7-18)20-13-17(16)21-12-14-4-2-1-3-5-14/h1-5,10,13H,6-9,11-12H2. The van der Waals surface area contributed by atoms with Crippen molar-refractivity contribution in [1.82, 2.24) is 4.90 Å². The smallest absolute Gasteiger partial charge is 0.227 e. The summed E-state index contributed by atoms with van der Waals surface area (Å²) in [5.41, 5.74) is 0.903. The van der Waals surface area contributed by atoms with E-state index in [1.165, 1.54) is 6.26 Å². The normalized spacial score (nSPS) is 15.6. The maximum absolute atomic E-state index is 12.1. The second-order valence-electron chi connectivity index (χ2n) is 5.24. The van der Waals surface area contributed by atoms with E-state index in [4.69, 9.17) is 9.15 Å². The zero-order valence-electron chi connectivity index (χ0n) is 12.4. The van der Waals surface area contributed by atoms with Crippen LogP contribution < -0.4 is 10.2 Å². The molecule has 0 bridgehead atoms. The van der Waals surface area contributed by atoms with E-state index >= 15 is 0 Å². The Morgan fingerprint density at radius 1 is 1.18 bits per heavy atom. The Morgan fingerprint density at radius 2 is 1.95 bits per heavy atom. The van der Waals surface area contributed by atoms with Crippen LogP contribution in [0, 0.1) is 0 Å². The highest BCUT2D eigenvalue weighted by molar-refractivity contribution is 7.99. The quantitative estimate of drug-likeness (QED) is 0.848. The summed E-state index contributed by atoms with van der Waals surface area (Å²) in [5.74, 6) is 3.25. The van der Waals surface area contributed by atoms with Gasteiger partial charge in [0.1, 0.15) is 18.6 Å². The molecule has 116 valence electrons. The molecule has 0 amide bonds. The van der Waals surface area contributed by atoms with Gasteiger partial charge < -0.3 is 9.15 Å². The molecule has 0 radical (unpaired) electrons. The third-order valence-electron chi connectivity index (χ3n) is 3.57. The minimum absolute atomic E-state index is 0.122. The van der Waals surface area contributed by atoms with E-state index in [0.29, 0.717) is 18.9 Å². The first kappa shape index (κ1) is 15.2. The highest BCUT2D eigenvalue weighted by Gasteiger charge is 2.13. The molecule has 3 rings (SSSR count). The van der Waals surface area contributed by atoms with Gasteiger partial charge in [-0.05, 0) is 5.56 Å². The van der Waals surface area contributed by atoms with Crippen LogP contribution in [0.25, 0.3) is 0 Å². The topological polar surface area (TPSA) is 42.7 Å². The Bertz CT molecular complexity index is 650. The molecule has 1 aromatic heterocycles. The van der Waals surface area contributed by atoms with E-state index in [0.717, 1.165) is 30.2 Å². The fraction of sp³-hybridized carbons (Fsp3) is 0.353. The van der Waals surface area contributed by atoms with Gasteiger partial charge in [-0.15, -0.1) is 0 Å². The molecular weight excluding hydrogens is 298 g/mol. The molecule has 5 heteroatoms. The summed E-state index contributed by atoms with van der Waals surface area (Å²) >= 11 is 1.97. The van der Waals surface area contributed by atoms with Crippen LogP contribution in [0.4, 0.5) is 0 Å². The van der Waals surface area contributed by atoms with Crippen LogP contribution in [0.15, 0.2) is 51.9 Å². The molecule has 1 aliphatic heterocycles. The van der Waals surface area contributed by atoms with Gasteiger partial charge in [0.05, 0.1) is 6.54 Å². The van der Waals surface area contributed by atoms with Gasteiger partial charge in [-0.1, -0.05) is 30.3 Å². The van der Waals surface area contributed by atoms with Crippen LogP contribution in [0.1, 0.15) is 11.3 Å². The molecule has 4 nitrogen and oxygen atoms in total. The summed E-state index contributed by atoms with van der Waals surface area (Å²) in [6, 6.07) is 11.3. The maximum Gasteiger partial charge on any atom is 0.227 e. The van der Waals surface area contributed by atoms with Crippen molar-refractivity contribution in [2.45, 2.75) is 13.2 Å². The van der Waals surface area contributed by atoms with Crippen molar-refractivity contribution in [3.63, 3.8) is 0 Å². The predicted molar refractivity (Wildman–Crippen MR) is 88.4 cm³/mol. The van der Waals surface area contributed by atoms with E-state index in [1.807, 2.05) is 42.1 Å². The van der Waals surface area contributed by atoms with Crippen LogP contribution in [0.3, 0.4) is 0 Å². The fourth-order valence-electron chi connectivity index (χ4n) is 2.34.